The minimum atomic E-state index is -6.09. The van der Waals surface area contributed by atoms with E-state index in [1.54, 1.807) is 21.8 Å². The fourth-order valence-electron chi connectivity index (χ4n) is 6.02. The maximum absolute atomic E-state index is 11.3. The zero-order valence-electron chi connectivity index (χ0n) is 52.4. The number of carbonyl (C=O) groups is 2. The molecule has 4 aromatic carbocycles. The van der Waals surface area contributed by atoms with Crippen molar-refractivity contribution >= 4 is 130 Å². The Morgan fingerprint density at radius 1 is 0.436 bits per heavy atom. The third-order valence-corrected chi connectivity index (χ3v) is 12.1. The van der Waals surface area contributed by atoms with Crippen molar-refractivity contribution < 1.29 is 162 Å². The molecule has 6 heterocycles. The first-order valence-corrected chi connectivity index (χ1v) is 30.3. The first kappa shape index (κ1) is 106. The number of aromatic amines is 2. The molecule has 0 unspecified atom stereocenters. The first-order chi connectivity index (χ1) is 42.8. The molecule has 10 rings (SSSR count). The minimum Gasteiger partial charge on any atom is -0.741 e. The van der Waals surface area contributed by atoms with E-state index in [1.165, 1.54) is 60.0 Å². The van der Waals surface area contributed by atoms with E-state index in [4.69, 9.17) is 63.3 Å². The maximum Gasteiger partial charge on any atom is 2.00 e. The first-order valence-electron chi connectivity index (χ1n) is 24.7. The molecule has 0 atom stereocenters. The summed E-state index contributed by atoms with van der Waals surface area (Å²) in [4.78, 5) is 70.9. The van der Waals surface area contributed by atoms with Crippen LogP contribution in [0.2, 0.25) is 0 Å². The number of benzene rings is 4. The summed E-state index contributed by atoms with van der Waals surface area (Å²) in [6, 6.07) is 33.1. The van der Waals surface area contributed by atoms with Crippen LogP contribution in [0.4, 0.5) is 64.6 Å². The predicted molar refractivity (Wildman–Crippen MR) is 334 cm³/mol. The van der Waals surface area contributed by atoms with Crippen molar-refractivity contribution in [2.24, 2.45) is 0 Å². The number of rotatable bonds is 2. The van der Waals surface area contributed by atoms with E-state index in [9.17, 15) is 71.9 Å². The van der Waals surface area contributed by atoms with Crippen molar-refractivity contribution in [3.8, 4) is 0 Å². The molecule has 0 aliphatic heterocycles. The molecule has 0 aliphatic carbocycles. The summed E-state index contributed by atoms with van der Waals surface area (Å²) in [6.07, 6.45) is 7.01. The summed E-state index contributed by atoms with van der Waals surface area (Å²) >= 11 is 0. The number of imidazole rings is 2. The molecule has 0 amide bonds. The number of H-pyrrole nitrogens is 2. The van der Waals surface area contributed by atoms with Crippen LogP contribution in [-0.4, -0.2) is 140 Å². The van der Waals surface area contributed by atoms with Gasteiger partial charge in [-0.3, -0.25) is 29.5 Å². The van der Waals surface area contributed by atoms with Crippen LogP contribution in [0.3, 0.4) is 0 Å². The third kappa shape index (κ3) is 35.8. The van der Waals surface area contributed by atoms with Gasteiger partial charge >= 0.3 is 64.2 Å². The van der Waals surface area contributed by atoms with Gasteiger partial charge in [-0.1, -0.05) is 84.9 Å². The number of halogens is 12. The van der Waals surface area contributed by atoms with Crippen LogP contribution in [0.15, 0.2) is 132 Å². The molecule has 51 heteroatoms. The van der Waals surface area contributed by atoms with Gasteiger partial charge < -0.3 is 78.5 Å². The zero-order chi connectivity index (χ0) is 72.8. The van der Waals surface area contributed by atoms with Gasteiger partial charge in [0.2, 0.25) is 11.9 Å². The quantitative estimate of drug-likeness (QED) is 0.0361. The van der Waals surface area contributed by atoms with E-state index in [-0.39, 0.29) is 107 Å². The Balaban J connectivity index is -0.000000197. The van der Waals surface area contributed by atoms with Crippen LogP contribution in [-0.2, 0) is 105 Å². The molecule has 6 aromatic heterocycles. The monoisotopic (exact) mass is 1900 g/mol. The number of alkyl halides is 12. The van der Waals surface area contributed by atoms with Gasteiger partial charge in [-0.15, -0.1) is 0 Å². The van der Waals surface area contributed by atoms with E-state index >= 15 is 0 Å². The average Bonchev–Trinajstić information content (AvgIpc) is 1.30. The van der Waals surface area contributed by atoms with Crippen LogP contribution in [0.1, 0.15) is 41.5 Å². The number of Topliss-reactive ketones (excluding diaryl/α,β-unsaturated/α-hetero) is 2. The predicted octanol–water partition coefficient (Wildman–Crippen LogP) is 7.43. The fourth-order valence-corrected chi connectivity index (χ4v) is 6.02. The summed E-state index contributed by atoms with van der Waals surface area (Å²) in [5.74, 6) is 0.570. The van der Waals surface area contributed by atoms with Crippen molar-refractivity contribution in [3.05, 3.63) is 143 Å². The number of carbonyl (C=O) groups excluding carboxylic acids is 2. The van der Waals surface area contributed by atoms with E-state index in [1.807, 2.05) is 62.6 Å². The van der Waals surface area contributed by atoms with Gasteiger partial charge in [0.25, 0.3) is 11.1 Å². The van der Waals surface area contributed by atoms with Gasteiger partial charge in [-0.25, -0.2) is 43.6 Å². The number of nitrogens with two attached hydrogens (primary N) is 2. The number of hydrogen-bond donors (Lipinski definition) is 8. The van der Waals surface area contributed by atoms with Gasteiger partial charge in [0.1, 0.15) is 11.6 Å². The van der Waals surface area contributed by atoms with E-state index in [2.05, 4.69) is 101 Å². The van der Waals surface area contributed by atoms with Crippen LogP contribution in [0.25, 0.3) is 65.7 Å². The van der Waals surface area contributed by atoms with Crippen molar-refractivity contribution in [1.82, 2.24) is 73.6 Å². The topological polar surface area (TPSA) is 639 Å². The number of aromatic nitrogens is 10. The molecule has 0 saturated carbocycles. The Morgan fingerprint density at radius 3 is 0.861 bits per heavy atom. The zero-order valence-corrected chi connectivity index (χ0v) is 60.2. The molecule has 0 bridgehead atoms. The summed E-state index contributed by atoms with van der Waals surface area (Å²) in [5, 5.41) is 7.41. The largest absolute Gasteiger partial charge is 2.00 e. The molecule has 0 saturated heterocycles. The number of pyridine rings is 2. The van der Waals surface area contributed by atoms with Crippen molar-refractivity contribution in [2.75, 3.05) is 11.5 Å². The van der Waals surface area contributed by atoms with Crippen molar-refractivity contribution in [3.63, 3.8) is 0 Å². The third-order valence-electron chi connectivity index (χ3n) is 9.80. The van der Waals surface area contributed by atoms with Crippen LogP contribution in [0.5, 0.6) is 0 Å². The van der Waals surface area contributed by atoms with Crippen LogP contribution < -0.4 is 47.2 Å². The Morgan fingerprint density at radius 2 is 0.644 bits per heavy atom. The van der Waals surface area contributed by atoms with Gasteiger partial charge in [0, 0.05) is 47.0 Å². The molecule has 0 spiro atoms. The molecule has 0 fully saturated rings. The molecular weight excluding hydrogens is 1840 g/mol. The second-order valence-electron chi connectivity index (χ2n) is 17.4. The van der Waals surface area contributed by atoms with E-state index < -0.39 is 62.5 Å². The smallest absolute Gasteiger partial charge is 0.741 e. The number of fused-ring (bicyclic) bond motifs is 8. The molecule has 0 radical (unpaired) electrons. The molecule has 0 aliphatic rings. The fraction of sp³-hybridized carbons (Fsp3) is 0.240. The summed E-state index contributed by atoms with van der Waals surface area (Å²) in [6.45, 7) is 11.4. The van der Waals surface area contributed by atoms with Crippen LogP contribution in [0, 0.1) is 0 Å². The standard InChI is InChI=1S/2C13H9N.2C7H9N5O.2C3H6O.4CHF3O3S.4H3N.H2O.2Pt/c2*1-2-6-11-10(5-1)9-14-13-8-4-3-7-12(11)13;2*1-2-12-3-9-4-5(12)10-7(8)11-6(4)13;2*1-3(2)4;4*2-1(3,4)8(5,6)7;;;;;;;/h2*1-9H;2*3H,2H2,1H3,(H3,8,10,11,13);2*1-2H3;4*(H,5,6,7);4*1H3;1H2;;/q;;;;;;;;;;;;;;;2*+2/p-4. The van der Waals surface area contributed by atoms with Gasteiger partial charge in [-0.05, 0) is 64.4 Å². The number of para-hydroxylation sites is 2. The van der Waals surface area contributed by atoms with Crippen molar-refractivity contribution in [1.29, 1.82) is 0 Å². The number of ketones is 2. The Labute approximate surface area is 592 Å². The Bertz CT molecular complexity index is 4330. The molecular formula is C50H62F12N16O17Pt2S4. The second kappa shape index (κ2) is 45.0. The summed E-state index contributed by atoms with van der Waals surface area (Å²) in [7, 11) is -24.4. The van der Waals surface area contributed by atoms with Gasteiger partial charge in [-0.2, -0.15) is 62.7 Å². The molecule has 20 N–H and O–H groups in total. The van der Waals surface area contributed by atoms with Gasteiger partial charge in [0.15, 0.2) is 62.8 Å². The molecule has 101 heavy (non-hydrogen) atoms. The average molecular weight is 1910 g/mol. The normalized spacial score (nSPS) is 10.8. The van der Waals surface area contributed by atoms with Crippen LogP contribution >= 0.6 is 0 Å². The summed E-state index contributed by atoms with van der Waals surface area (Å²) < 4.78 is 239. The Kier molecular flexibility index (Phi) is 47.3. The molecule has 572 valence electrons. The Hall–Kier alpha value is -8.16. The molecule has 10 aromatic rings. The number of nitrogens with one attached hydrogen (secondary N) is 2. The summed E-state index contributed by atoms with van der Waals surface area (Å²) in [5.41, 5.74) is -8.53. The van der Waals surface area contributed by atoms with Crippen molar-refractivity contribution in [2.45, 2.75) is 76.7 Å². The molecule has 33 nitrogen and oxygen atoms in total. The SMILES string of the molecule is CC(C)=O.CC(C)=O.CCn1cnc2c(=O)[nH]c(N)nc21.CCn1cnc2c(=O)[nH]c(N)nc21.N.N.N.N.O.O=S(=O)([O-])C(F)(F)F.O=S(=O)([O-])C(F)(F)F.O=S(=O)([O-])C(F)(F)F.O=S(=O)([O-])C(F)(F)F.[Pt+2].[Pt+2].c1ccc2c(c1)cnc1ccccc12.c1ccc2c(c1)cnc1ccccc12. The number of nitrogen functional groups attached to an aromatic ring is 2. The van der Waals surface area contributed by atoms with E-state index in [0.717, 1.165) is 11.0 Å². The number of hydrogen-bond acceptors (Lipinski definition) is 28. The van der Waals surface area contributed by atoms with Gasteiger partial charge in [0.05, 0.1) is 23.7 Å². The number of nitrogens with zero attached hydrogens (tertiary/aromatic N) is 8. The second-order valence-corrected chi connectivity index (χ2v) is 22.9. The minimum absolute atomic E-state index is 0. The van der Waals surface area contributed by atoms with E-state index in [0.29, 0.717) is 35.4 Å². The number of anilines is 2. The number of aryl methyl sites for hydroxylation is 2. The maximum atomic E-state index is 11.3.